The number of rotatable bonds is 4. The summed E-state index contributed by atoms with van der Waals surface area (Å²) in [4.78, 5) is 16.7. The van der Waals surface area contributed by atoms with Crippen LogP contribution in [0.1, 0.15) is 17.0 Å². The van der Waals surface area contributed by atoms with Crippen LogP contribution in [0.4, 0.5) is 13.2 Å². The van der Waals surface area contributed by atoms with E-state index in [4.69, 9.17) is 0 Å². The molecule has 0 N–H and O–H groups in total. The number of halogens is 3. The summed E-state index contributed by atoms with van der Waals surface area (Å²) >= 11 is 0. The molecule has 2 aromatic heterocycles. The van der Waals surface area contributed by atoms with Gasteiger partial charge in [0, 0.05) is 32.7 Å². The molecule has 0 unspecified atom stereocenters. The van der Waals surface area contributed by atoms with Gasteiger partial charge in [-0.3, -0.25) is 9.80 Å². The molecule has 0 saturated carbocycles. The second-order valence-electron chi connectivity index (χ2n) is 6.71. The first-order valence-corrected chi connectivity index (χ1v) is 8.87. The highest BCUT2D eigenvalue weighted by atomic mass is 19.4. The first kappa shape index (κ1) is 18.6. The first-order valence-electron chi connectivity index (χ1n) is 8.87. The molecule has 0 atom stereocenters. The van der Waals surface area contributed by atoms with E-state index in [9.17, 15) is 13.2 Å². The molecule has 1 aromatic carbocycles. The smallest absolute Gasteiger partial charge is 0.297 e. The van der Waals surface area contributed by atoms with Gasteiger partial charge in [0.25, 0.3) is 0 Å². The molecular weight excluding hydrogens is 371 g/mol. The number of hydrogen-bond acceptors (Lipinski definition) is 7. The lowest BCUT2D eigenvalue weighted by Gasteiger charge is -2.34. The summed E-state index contributed by atoms with van der Waals surface area (Å²) < 4.78 is 38.6. The van der Waals surface area contributed by atoms with Crippen LogP contribution in [0.2, 0.25) is 0 Å². The monoisotopic (exact) mass is 389 g/mol. The molecule has 28 heavy (non-hydrogen) atoms. The number of aromatic nitrogens is 5. The van der Waals surface area contributed by atoms with Crippen LogP contribution in [0, 0.1) is 0 Å². The fourth-order valence-corrected chi connectivity index (χ4v) is 3.21. The Morgan fingerprint density at radius 2 is 1.71 bits per heavy atom. The van der Waals surface area contributed by atoms with Gasteiger partial charge in [0.2, 0.25) is 5.65 Å². The summed E-state index contributed by atoms with van der Waals surface area (Å²) in [6.45, 7) is 4.16. The van der Waals surface area contributed by atoms with Crippen LogP contribution < -0.4 is 0 Å². The van der Waals surface area contributed by atoms with Crippen LogP contribution in [-0.4, -0.2) is 61.1 Å². The molecule has 146 valence electrons. The van der Waals surface area contributed by atoms with Crippen LogP contribution in [0.5, 0.6) is 0 Å². The molecule has 0 amide bonds. The molecule has 0 aliphatic carbocycles. The van der Waals surface area contributed by atoms with Crippen LogP contribution in [-0.2, 0) is 19.3 Å². The van der Waals surface area contributed by atoms with Crippen molar-refractivity contribution < 1.29 is 13.2 Å². The van der Waals surface area contributed by atoms with Crippen molar-refractivity contribution in [1.29, 1.82) is 0 Å². The minimum atomic E-state index is -4.31. The average molecular weight is 389 g/mol. The van der Waals surface area contributed by atoms with Gasteiger partial charge in [0.15, 0.2) is 5.82 Å². The lowest BCUT2D eigenvalue weighted by molar-refractivity contribution is -0.137. The van der Waals surface area contributed by atoms with E-state index < -0.39 is 11.7 Å². The molecule has 7 nitrogen and oxygen atoms in total. The molecule has 1 fully saturated rings. The quantitative estimate of drug-likeness (QED) is 0.677. The van der Waals surface area contributed by atoms with E-state index in [1.165, 1.54) is 18.5 Å². The van der Waals surface area contributed by atoms with Crippen molar-refractivity contribution in [3.8, 4) is 0 Å². The van der Waals surface area contributed by atoms with Gasteiger partial charge < -0.3 is 0 Å². The Labute approximate surface area is 159 Å². The van der Waals surface area contributed by atoms with Gasteiger partial charge in [-0.15, -0.1) is 10.2 Å². The van der Waals surface area contributed by atoms with Crippen molar-refractivity contribution in [3.05, 3.63) is 53.7 Å². The lowest BCUT2D eigenvalue weighted by Crippen LogP contribution is -2.45. The molecular formula is C18H18F3N7. The van der Waals surface area contributed by atoms with Crippen molar-refractivity contribution in [2.45, 2.75) is 19.3 Å². The van der Waals surface area contributed by atoms with Gasteiger partial charge in [-0.25, -0.2) is 15.0 Å². The van der Waals surface area contributed by atoms with Crippen molar-refractivity contribution in [3.63, 3.8) is 0 Å². The maximum absolute atomic E-state index is 12.9. The highest BCUT2D eigenvalue weighted by Crippen LogP contribution is 2.29. The van der Waals surface area contributed by atoms with Crippen LogP contribution >= 0.6 is 0 Å². The summed E-state index contributed by atoms with van der Waals surface area (Å²) in [6, 6.07) is 5.52. The highest BCUT2D eigenvalue weighted by Gasteiger charge is 2.30. The maximum Gasteiger partial charge on any atom is 0.416 e. The van der Waals surface area contributed by atoms with Crippen molar-refractivity contribution in [1.82, 2.24) is 34.9 Å². The minimum absolute atomic E-state index is 0.463. The van der Waals surface area contributed by atoms with Crippen molar-refractivity contribution in [2.24, 2.45) is 0 Å². The van der Waals surface area contributed by atoms with E-state index in [0.717, 1.165) is 32.2 Å². The van der Waals surface area contributed by atoms with E-state index in [0.29, 0.717) is 35.6 Å². The third-order valence-corrected chi connectivity index (χ3v) is 4.67. The van der Waals surface area contributed by atoms with Gasteiger partial charge in [0.1, 0.15) is 11.8 Å². The maximum atomic E-state index is 12.9. The Morgan fingerprint density at radius 3 is 2.46 bits per heavy atom. The van der Waals surface area contributed by atoms with Gasteiger partial charge in [-0.05, 0) is 11.6 Å². The molecule has 4 rings (SSSR count). The molecule has 1 saturated heterocycles. The Bertz CT molecular complexity index is 955. The first-order chi connectivity index (χ1) is 13.5. The van der Waals surface area contributed by atoms with Gasteiger partial charge >= 0.3 is 6.18 Å². The molecule has 10 heteroatoms. The van der Waals surface area contributed by atoms with E-state index in [1.54, 1.807) is 12.3 Å². The van der Waals surface area contributed by atoms with E-state index in [1.807, 2.05) is 0 Å². The standard InChI is InChI=1S/C18H18F3N7/c19-18(20,21)14-3-1-2-13(8-14)10-27-4-6-28(7-5-27)11-16-24-15-9-22-12-23-17(15)26-25-16/h1-3,8-9,12H,4-7,10-11H2. The topological polar surface area (TPSA) is 70.9 Å². The number of fused-ring (bicyclic) bond motifs is 1. The Hall–Kier alpha value is -2.72. The zero-order chi connectivity index (χ0) is 19.6. The second-order valence-corrected chi connectivity index (χ2v) is 6.71. The summed E-state index contributed by atoms with van der Waals surface area (Å²) in [5.74, 6) is 0.605. The summed E-state index contributed by atoms with van der Waals surface area (Å²) in [7, 11) is 0. The Morgan fingerprint density at radius 1 is 0.964 bits per heavy atom. The molecule has 3 aromatic rings. The molecule has 3 heterocycles. The molecule has 1 aliphatic heterocycles. The normalized spacial score (nSPS) is 16.5. The van der Waals surface area contributed by atoms with Gasteiger partial charge in [0.05, 0.1) is 18.3 Å². The van der Waals surface area contributed by atoms with E-state index >= 15 is 0 Å². The zero-order valence-electron chi connectivity index (χ0n) is 15.0. The predicted octanol–water partition coefficient (Wildman–Crippen LogP) is 2.15. The summed E-state index contributed by atoms with van der Waals surface area (Å²) in [5.41, 5.74) is 1.14. The number of alkyl halides is 3. The van der Waals surface area contributed by atoms with Crippen LogP contribution in [0.15, 0.2) is 36.8 Å². The minimum Gasteiger partial charge on any atom is -0.297 e. The second kappa shape index (κ2) is 7.72. The third-order valence-electron chi connectivity index (χ3n) is 4.67. The van der Waals surface area contributed by atoms with Crippen molar-refractivity contribution >= 4 is 11.2 Å². The molecule has 1 aliphatic rings. The number of nitrogens with zero attached hydrogens (tertiary/aromatic N) is 7. The fourth-order valence-electron chi connectivity index (χ4n) is 3.21. The van der Waals surface area contributed by atoms with Crippen LogP contribution in [0.25, 0.3) is 11.2 Å². The SMILES string of the molecule is FC(F)(F)c1cccc(CN2CCN(Cc3nnc4ncncc4n3)CC2)c1. The predicted molar refractivity (Wildman–Crippen MR) is 94.9 cm³/mol. The van der Waals surface area contributed by atoms with E-state index in [-0.39, 0.29) is 0 Å². The van der Waals surface area contributed by atoms with Gasteiger partial charge in [-0.2, -0.15) is 13.2 Å². The molecule has 0 spiro atoms. The van der Waals surface area contributed by atoms with Crippen LogP contribution in [0.3, 0.4) is 0 Å². The number of benzene rings is 1. The fraction of sp³-hybridized carbons (Fsp3) is 0.389. The molecule has 0 radical (unpaired) electrons. The average Bonchev–Trinajstić information content (AvgIpc) is 2.69. The van der Waals surface area contributed by atoms with Gasteiger partial charge in [-0.1, -0.05) is 18.2 Å². The molecule has 0 bridgehead atoms. The summed E-state index contributed by atoms with van der Waals surface area (Å²) in [5, 5.41) is 8.16. The summed E-state index contributed by atoms with van der Waals surface area (Å²) in [6.07, 6.45) is -1.30. The number of piperazine rings is 1. The van der Waals surface area contributed by atoms with Crippen molar-refractivity contribution in [2.75, 3.05) is 26.2 Å². The Kier molecular flexibility index (Phi) is 5.14. The third kappa shape index (κ3) is 4.39. The highest BCUT2D eigenvalue weighted by molar-refractivity contribution is 5.66. The number of hydrogen-bond donors (Lipinski definition) is 0. The Balaban J connectivity index is 1.33. The lowest BCUT2D eigenvalue weighted by atomic mass is 10.1. The zero-order valence-corrected chi connectivity index (χ0v) is 15.0. The van der Waals surface area contributed by atoms with E-state index in [2.05, 4.69) is 34.9 Å². The largest absolute Gasteiger partial charge is 0.416 e.